The van der Waals surface area contributed by atoms with Gasteiger partial charge < -0.3 is 5.11 Å². The Hall–Kier alpha value is -0.960. The molecule has 3 heteroatoms. The lowest BCUT2D eigenvalue weighted by Gasteiger charge is -2.22. The van der Waals surface area contributed by atoms with Crippen LogP contribution in [0.3, 0.4) is 0 Å². The van der Waals surface area contributed by atoms with Crippen molar-refractivity contribution in [2.75, 3.05) is 0 Å². The third kappa shape index (κ3) is 2.49. The van der Waals surface area contributed by atoms with Crippen LogP contribution in [0, 0.1) is 12.3 Å². The average Bonchev–Trinajstić information content (AvgIpc) is 2.60. The third-order valence-electron chi connectivity index (χ3n) is 3.41. The van der Waals surface area contributed by atoms with Crippen LogP contribution in [0.25, 0.3) is 0 Å². The number of carboxylic acids is 1. The minimum atomic E-state index is -0.703. The first-order valence-electron chi connectivity index (χ1n) is 5.89. The van der Waals surface area contributed by atoms with E-state index in [1.54, 1.807) is 0 Å². The van der Waals surface area contributed by atoms with Crippen molar-refractivity contribution in [3.63, 3.8) is 0 Å². The molecule has 0 bridgehead atoms. The molecule has 1 atom stereocenters. The molecule has 0 aromatic heterocycles. The van der Waals surface area contributed by atoms with Crippen LogP contribution >= 0.6 is 11.8 Å². The lowest BCUT2D eigenvalue weighted by Crippen LogP contribution is -2.27. The first kappa shape index (κ1) is 12.5. The molecule has 1 unspecified atom stereocenters. The molecule has 0 fully saturated rings. The SMILES string of the molecule is Cc1cccc2c1CC(CC(C)(C)C(=O)O)S2. The van der Waals surface area contributed by atoms with E-state index < -0.39 is 11.4 Å². The van der Waals surface area contributed by atoms with Gasteiger partial charge >= 0.3 is 5.97 Å². The Morgan fingerprint density at radius 3 is 2.82 bits per heavy atom. The Morgan fingerprint density at radius 2 is 2.24 bits per heavy atom. The van der Waals surface area contributed by atoms with Gasteiger partial charge in [0.15, 0.2) is 0 Å². The first-order valence-corrected chi connectivity index (χ1v) is 6.76. The van der Waals surface area contributed by atoms with E-state index in [-0.39, 0.29) is 0 Å². The zero-order valence-electron chi connectivity index (χ0n) is 10.5. The maximum absolute atomic E-state index is 11.1. The molecule has 1 aromatic rings. The van der Waals surface area contributed by atoms with Gasteiger partial charge in [0.1, 0.15) is 0 Å². The number of benzene rings is 1. The molecule has 1 aliphatic rings. The van der Waals surface area contributed by atoms with Crippen molar-refractivity contribution in [2.24, 2.45) is 5.41 Å². The highest BCUT2D eigenvalue weighted by atomic mass is 32.2. The van der Waals surface area contributed by atoms with Crippen LogP contribution in [0.15, 0.2) is 23.1 Å². The minimum absolute atomic E-state index is 0.400. The second kappa shape index (κ2) is 4.37. The molecule has 17 heavy (non-hydrogen) atoms. The summed E-state index contributed by atoms with van der Waals surface area (Å²) in [6, 6.07) is 6.34. The molecule has 0 aliphatic carbocycles. The zero-order chi connectivity index (χ0) is 12.6. The molecule has 0 radical (unpaired) electrons. The molecule has 92 valence electrons. The molecular formula is C14H18O2S. The Bertz CT molecular complexity index is 452. The quantitative estimate of drug-likeness (QED) is 0.892. The Morgan fingerprint density at radius 1 is 1.53 bits per heavy atom. The Labute approximate surface area is 106 Å². The van der Waals surface area contributed by atoms with E-state index in [2.05, 4.69) is 25.1 Å². The Balaban J connectivity index is 2.11. The van der Waals surface area contributed by atoms with Crippen LogP contribution < -0.4 is 0 Å². The van der Waals surface area contributed by atoms with E-state index in [1.165, 1.54) is 16.0 Å². The van der Waals surface area contributed by atoms with Crippen molar-refractivity contribution < 1.29 is 9.90 Å². The van der Waals surface area contributed by atoms with Gasteiger partial charge in [-0.25, -0.2) is 0 Å². The normalized spacial score (nSPS) is 19.1. The van der Waals surface area contributed by atoms with Gasteiger partial charge in [-0.3, -0.25) is 4.79 Å². The van der Waals surface area contributed by atoms with E-state index in [0.29, 0.717) is 5.25 Å². The van der Waals surface area contributed by atoms with Crippen molar-refractivity contribution in [1.82, 2.24) is 0 Å². The molecule has 2 rings (SSSR count). The third-order valence-corrected chi connectivity index (χ3v) is 4.71. The summed E-state index contributed by atoms with van der Waals surface area (Å²) in [5.74, 6) is -0.703. The summed E-state index contributed by atoms with van der Waals surface area (Å²) in [7, 11) is 0. The summed E-state index contributed by atoms with van der Waals surface area (Å²) < 4.78 is 0. The number of carbonyl (C=O) groups is 1. The second-order valence-electron chi connectivity index (χ2n) is 5.39. The summed E-state index contributed by atoms with van der Waals surface area (Å²) in [4.78, 5) is 12.5. The average molecular weight is 250 g/mol. The van der Waals surface area contributed by atoms with Gasteiger partial charge in [0.25, 0.3) is 0 Å². The fourth-order valence-corrected chi connectivity index (χ4v) is 3.92. The fourth-order valence-electron chi connectivity index (χ4n) is 2.27. The molecule has 1 heterocycles. The summed E-state index contributed by atoms with van der Waals surface area (Å²) in [5, 5.41) is 9.56. The van der Waals surface area contributed by atoms with E-state index >= 15 is 0 Å². The maximum Gasteiger partial charge on any atom is 0.309 e. The van der Waals surface area contributed by atoms with E-state index in [9.17, 15) is 4.79 Å². The predicted molar refractivity (Wildman–Crippen MR) is 70.6 cm³/mol. The molecule has 0 saturated heterocycles. The number of thioether (sulfide) groups is 1. The lowest BCUT2D eigenvalue weighted by molar-refractivity contribution is -0.147. The maximum atomic E-state index is 11.1. The van der Waals surface area contributed by atoms with Gasteiger partial charge in [-0.2, -0.15) is 0 Å². The summed E-state index contributed by atoms with van der Waals surface area (Å²) in [5.41, 5.74) is 2.10. The first-order chi connectivity index (χ1) is 7.90. The number of fused-ring (bicyclic) bond motifs is 1. The van der Waals surface area contributed by atoms with Crippen LogP contribution in [-0.2, 0) is 11.2 Å². The number of hydrogen-bond acceptors (Lipinski definition) is 2. The molecule has 0 saturated carbocycles. The number of aryl methyl sites for hydroxylation is 1. The highest BCUT2D eigenvalue weighted by Gasteiger charge is 2.34. The van der Waals surface area contributed by atoms with Crippen molar-refractivity contribution in [1.29, 1.82) is 0 Å². The van der Waals surface area contributed by atoms with Crippen LogP contribution in [0.5, 0.6) is 0 Å². The number of aliphatic carboxylic acids is 1. The Kier molecular flexibility index (Phi) is 3.21. The molecule has 2 nitrogen and oxygen atoms in total. The van der Waals surface area contributed by atoms with E-state index in [4.69, 9.17) is 5.11 Å². The van der Waals surface area contributed by atoms with Crippen LogP contribution in [0.1, 0.15) is 31.4 Å². The lowest BCUT2D eigenvalue weighted by atomic mass is 9.86. The van der Waals surface area contributed by atoms with Crippen molar-refractivity contribution >= 4 is 17.7 Å². The molecule has 1 aromatic carbocycles. The second-order valence-corrected chi connectivity index (χ2v) is 6.73. The largest absolute Gasteiger partial charge is 0.481 e. The number of rotatable bonds is 3. The fraction of sp³-hybridized carbons (Fsp3) is 0.500. The van der Waals surface area contributed by atoms with Crippen LogP contribution in [0.4, 0.5) is 0 Å². The monoisotopic (exact) mass is 250 g/mol. The van der Waals surface area contributed by atoms with Gasteiger partial charge in [-0.05, 0) is 50.8 Å². The number of hydrogen-bond donors (Lipinski definition) is 1. The van der Waals surface area contributed by atoms with Gasteiger partial charge in [-0.15, -0.1) is 11.8 Å². The minimum Gasteiger partial charge on any atom is -0.481 e. The van der Waals surface area contributed by atoms with E-state index in [0.717, 1.165) is 12.8 Å². The number of carboxylic acid groups (broad SMARTS) is 1. The van der Waals surface area contributed by atoms with Crippen LogP contribution in [0.2, 0.25) is 0 Å². The highest BCUT2D eigenvalue weighted by molar-refractivity contribution is 8.00. The van der Waals surface area contributed by atoms with Gasteiger partial charge in [0.05, 0.1) is 5.41 Å². The van der Waals surface area contributed by atoms with Gasteiger partial charge in [-0.1, -0.05) is 12.1 Å². The molecular weight excluding hydrogens is 232 g/mol. The standard InChI is InChI=1S/C14H18O2S/c1-9-5-4-6-12-11(9)7-10(17-12)8-14(2,3)13(15)16/h4-6,10H,7-8H2,1-3H3,(H,15,16). The smallest absolute Gasteiger partial charge is 0.309 e. The molecule has 1 N–H and O–H groups in total. The summed E-state index contributed by atoms with van der Waals surface area (Å²) in [6.45, 7) is 5.75. The van der Waals surface area contributed by atoms with Gasteiger partial charge in [0, 0.05) is 10.1 Å². The van der Waals surface area contributed by atoms with Gasteiger partial charge in [0.2, 0.25) is 0 Å². The van der Waals surface area contributed by atoms with Crippen molar-refractivity contribution in [2.45, 2.75) is 43.8 Å². The highest BCUT2D eigenvalue weighted by Crippen LogP contribution is 2.43. The van der Waals surface area contributed by atoms with Crippen molar-refractivity contribution in [3.05, 3.63) is 29.3 Å². The van der Waals surface area contributed by atoms with E-state index in [1.807, 2.05) is 25.6 Å². The zero-order valence-corrected chi connectivity index (χ0v) is 11.3. The molecule has 1 aliphatic heterocycles. The molecule has 0 amide bonds. The predicted octanol–water partition coefficient (Wildman–Crippen LogP) is 3.51. The summed E-state index contributed by atoms with van der Waals surface area (Å²) in [6.07, 6.45) is 1.73. The summed E-state index contributed by atoms with van der Waals surface area (Å²) >= 11 is 1.83. The topological polar surface area (TPSA) is 37.3 Å². The van der Waals surface area contributed by atoms with Crippen LogP contribution in [-0.4, -0.2) is 16.3 Å². The van der Waals surface area contributed by atoms with Crippen molar-refractivity contribution in [3.8, 4) is 0 Å². The molecule has 0 spiro atoms.